The van der Waals surface area contributed by atoms with Crippen LogP contribution in [-0.4, -0.2) is 30.4 Å². The number of benzene rings is 2. The number of carbonyl (C=O) groups is 1. The van der Waals surface area contributed by atoms with Gasteiger partial charge in [-0.3, -0.25) is 9.52 Å². The first-order chi connectivity index (χ1) is 14.3. The molecule has 1 aromatic heterocycles. The average Bonchev–Trinajstić information content (AvgIpc) is 3.21. The van der Waals surface area contributed by atoms with Crippen LogP contribution < -0.4 is 10.0 Å². The van der Waals surface area contributed by atoms with Gasteiger partial charge in [-0.1, -0.05) is 17.7 Å². The Morgan fingerprint density at radius 1 is 1.13 bits per heavy atom. The van der Waals surface area contributed by atoms with Gasteiger partial charge in [-0.2, -0.15) is 0 Å². The van der Waals surface area contributed by atoms with Crippen LogP contribution in [0.2, 0.25) is 5.02 Å². The predicted molar refractivity (Wildman–Crippen MR) is 117 cm³/mol. The van der Waals surface area contributed by atoms with E-state index in [-0.39, 0.29) is 15.5 Å². The molecule has 0 radical (unpaired) electrons. The molecule has 158 valence electrons. The highest BCUT2D eigenvalue weighted by Gasteiger charge is 2.19. The fraction of sp³-hybridized carbons (Fsp3) is 0.238. The molecule has 1 heterocycles. The molecule has 0 fully saturated rings. The predicted octanol–water partition coefficient (Wildman–Crippen LogP) is 3.77. The monoisotopic (exact) mass is 446 g/mol. The van der Waals surface area contributed by atoms with Crippen LogP contribution in [0.25, 0.3) is 0 Å². The molecular formula is C21H23ClN4O3S. The highest BCUT2D eigenvalue weighted by Crippen LogP contribution is 2.23. The summed E-state index contributed by atoms with van der Waals surface area (Å²) in [5.74, 6) is -0.422. The highest BCUT2D eigenvalue weighted by molar-refractivity contribution is 7.92. The molecule has 0 aliphatic carbocycles. The Kier molecular flexibility index (Phi) is 6.79. The van der Waals surface area contributed by atoms with E-state index >= 15 is 0 Å². The molecule has 0 aliphatic rings. The van der Waals surface area contributed by atoms with E-state index in [0.29, 0.717) is 25.2 Å². The smallest absolute Gasteiger partial charge is 0.261 e. The maximum atomic E-state index is 12.8. The molecule has 9 heteroatoms. The molecule has 7 nitrogen and oxygen atoms in total. The minimum atomic E-state index is -3.87. The van der Waals surface area contributed by atoms with Crippen molar-refractivity contribution in [3.05, 3.63) is 76.8 Å². The van der Waals surface area contributed by atoms with E-state index in [0.717, 1.165) is 11.1 Å². The van der Waals surface area contributed by atoms with Crippen LogP contribution in [0.1, 0.15) is 27.9 Å². The normalized spacial score (nSPS) is 11.3. The minimum absolute atomic E-state index is 0.0336. The van der Waals surface area contributed by atoms with Crippen LogP contribution in [0.4, 0.5) is 5.69 Å². The van der Waals surface area contributed by atoms with Crippen molar-refractivity contribution in [1.82, 2.24) is 14.9 Å². The largest absolute Gasteiger partial charge is 0.352 e. The second-order valence-corrected chi connectivity index (χ2v) is 9.05. The lowest BCUT2D eigenvalue weighted by Crippen LogP contribution is -2.26. The zero-order valence-corrected chi connectivity index (χ0v) is 18.3. The second kappa shape index (κ2) is 9.32. The van der Waals surface area contributed by atoms with Gasteiger partial charge in [0.15, 0.2) is 0 Å². The fourth-order valence-corrected chi connectivity index (χ4v) is 4.12. The number of carbonyl (C=O) groups excluding carboxylic acids is 1. The lowest BCUT2D eigenvalue weighted by molar-refractivity contribution is 0.0952. The standard InChI is InChI=1S/C21H23ClN4O3S/c1-15-4-5-17(12-16(15)2)25-30(28,29)18-6-7-20(22)19(13-18)21(27)24-8-3-10-26-11-9-23-14-26/h4-7,9,11-14,25H,3,8,10H2,1-2H3,(H,24,27). The molecule has 30 heavy (non-hydrogen) atoms. The van der Waals surface area contributed by atoms with E-state index in [4.69, 9.17) is 11.6 Å². The Morgan fingerprint density at radius 3 is 2.63 bits per heavy atom. The molecule has 2 aromatic carbocycles. The van der Waals surface area contributed by atoms with Gasteiger partial charge >= 0.3 is 0 Å². The number of aryl methyl sites for hydroxylation is 3. The summed E-state index contributed by atoms with van der Waals surface area (Å²) < 4.78 is 30.0. The molecule has 0 saturated heterocycles. The molecule has 3 aromatic rings. The summed E-state index contributed by atoms with van der Waals surface area (Å²) in [6, 6.07) is 9.38. The third-order valence-electron chi connectivity index (χ3n) is 4.69. The summed E-state index contributed by atoms with van der Waals surface area (Å²) in [4.78, 5) is 16.4. The summed E-state index contributed by atoms with van der Waals surface area (Å²) in [5, 5.41) is 2.96. The number of rotatable bonds is 8. The van der Waals surface area contributed by atoms with Crippen molar-refractivity contribution in [3.8, 4) is 0 Å². The quantitative estimate of drug-likeness (QED) is 0.515. The Morgan fingerprint density at radius 2 is 1.93 bits per heavy atom. The van der Waals surface area contributed by atoms with Gasteiger partial charge in [0.2, 0.25) is 0 Å². The van der Waals surface area contributed by atoms with Crippen molar-refractivity contribution in [2.45, 2.75) is 31.7 Å². The van der Waals surface area contributed by atoms with Crippen molar-refractivity contribution in [2.24, 2.45) is 0 Å². The Balaban J connectivity index is 1.69. The molecule has 0 spiro atoms. The first kappa shape index (κ1) is 21.9. The van der Waals surface area contributed by atoms with Crippen LogP contribution >= 0.6 is 11.6 Å². The average molecular weight is 447 g/mol. The van der Waals surface area contributed by atoms with E-state index in [9.17, 15) is 13.2 Å². The highest BCUT2D eigenvalue weighted by atomic mass is 35.5. The Hall–Kier alpha value is -2.84. The number of nitrogens with zero attached hydrogens (tertiary/aromatic N) is 2. The van der Waals surface area contributed by atoms with E-state index in [1.807, 2.05) is 30.7 Å². The maximum Gasteiger partial charge on any atom is 0.261 e. The fourth-order valence-electron chi connectivity index (χ4n) is 2.84. The summed E-state index contributed by atoms with van der Waals surface area (Å²) in [6.07, 6.45) is 5.94. The lowest BCUT2D eigenvalue weighted by Gasteiger charge is -2.12. The van der Waals surface area contributed by atoms with E-state index in [2.05, 4.69) is 15.0 Å². The number of aromatic nitrogens is 2. The minimum Gasteiger partial charge on any atom is -0.352 e. The molecule has 0 bridgehead atoms. The van der Waals surface area contributed by atoms with E-state index in [1.54, 1.807) is 24.7 Å². The van der Waals surface area contributed by atoms with E-state index in [1.165, 1.54) is 18.2 Å². The van der Waals surface area contributed by atoms with Crippen LogP contribution in [0.3, 0.4) is 0 Å². The zero-order valence-electron chi connectivity index (χ0n) is 16.7. The van der Waals surface area contributed by atoms with Crippen molar-refractivity contribution in [1.29, 1.82) is 0 Å². The lowest BCUT2D eigenvalue weighted by atomic mass is 10.1. The van der Waals surface area contributed by atoms with Crippen molar-refractivity contribution in [2.75, 3.05) is 11.3 Å². The van der Waals surface area contributed by atoms with Crippen molar-refractivity contribution < 1.29 is 13.2 Å². The Bertz CT molecular complexity index is 1150. The van der Waals surface area contributed by atoms with Gasteiger partial charge in [0, 0.05) is 31.2 Å². The summed E-state index contributed by atoms with van der Waals surface area (Å²) in [6.45, 7) is 4.99. The van der Waals surface area contributed by atoms with Crippen LogP contribution in [0, 0.1) is 13.8 Å². The number of hydrogen-bond donors (Lipinski definition) is 2. The van der Waals surface area contributed by atoms with Crippen LogP contribution in [0.15, 0.2) is 60.0 Å². The van der Waals surface area contributed by atoms with Gasteiger partial charge in [0.1, 0.15) is 0 Å². The van der Waals surface area contributed by atoms with Crippen LogP contribution in [0.5, 0.6) is 0 Å². The SMILES string of the molecule is Cc1ccc(NS(=O)(=O)c2ccc(Cl)c(C(=O)NCCCn3ccnc3)c2)cc1C. The number of hydrogen-bond acceptors (Lipinski definition) is 4. The molecular weight excluding hydrogens is 424 g/mol. The molecule has 0 aliphatic heterocycles. The van der Waals surface area contributed by atoms with Crippen molar-refractivity contribution in [3.63, 3.8) is 0 Å². The van der Waals surface area contributed by atoms with Crippen LogP contribution in [-0.2, 0) is 16.6 Å². The summed E-state index contributed by atoms with van der Waals surface area (Å²) in [7, 11) is -3.87. The topological polar surface area (TPSA) is 93.1 Å². The third-order valence-corrected chi connectivity index (χ3v) is 6.40. The summed E-state index contributed by atoms with van der Waals surface area (Å²) >= 11 is 6.15. The van der Waals surface area contributed by atoms with Gasteiger partial charge in [0.05, 0.1) is 21.8 Å². The molecule has 3 rings (SSSR count). The van der Waals surface area contributed by atoms with Crippen molar-refractivity contribution >= 4 is 33.2 Å². The third kappa shape index (κ3) is 5.40. The second-order valence-electron chi connectivity index (χ2n) is 6.96. The zero-order chi connectivity index (χ0) is 21.7. The van der Waals surface area contributed by atoms with E-state index < -0.39 is 15.9 Å². The number of amides is 1. The Labute approximate surface area is 181 Å². The maximum absolute atomic E-state index is 12.8. The number of imidazole rings is 1. The molecule has 0 unspecified atom stereocenters. The molecule has 0 saturated carbocycles. The summed E-state index contributed by atoms with van der Waals surface area (Å²) in [5.41, 5.74) is 2.61. The number of anilines is 1. The van der Waals surface area contributed by atoms with Gasteiger partial charge in [-0.05, 0) is 61.7 Å². The van der Waals surface area contributed by atoms with Gasteiger partial charge in [-0.25, -0.2) is 13.4 Å². The first-order valence-electron chi connectivity index (χ1n) is 9.40. The molecule has 2 N–H and O–H groups in total. The first-order valence-corrected chi connectivity index (χ1v) is 11.3. The van der Waals surface area contributed by atoms with Gasteiger partial charge < -0.3 is 9.88 Å². The number of sulfonamides is 1. The van der Waals surface area contributed by atoms with Gasteiger partial charge in [-0.15, -0.1) is 0 Å². The number of nitrogens with one attached hydrogen (secondary N) is 2. The molecule has 0 atom stereocenters. The van der Waals surface area contributed by atoms with Gasteiger partial charge in [0.25, 0.3) is 15.9 Å². The number of halogens is 1. The molecule has 1 amide bonds.